The number of nitrogens with zero attached hydrogens (tertiary/aromatic N) is 1. The Balaban J connectivity index is 1.94. The SMILES string of the molecule is CC(C)CC1(C)COSN1C(=O)OCc1ccccc1. The highest BCUT2D eigenvalue weighted by Gasteiger charge is 2.43. The summed E-state index contributed by atoms with van der Waals surface area (Å²) in [4.78, 5) is 12.2. The molecule has 0 bridgehead atoms. The number of carbonyl (C=O) groups is 1. The summed E-state index contributed by atoms with van der Waals surface area (Å²) >= 11 is 1.09. The Morgan fingerprint density at radius 1 is 1.45 bits per heavy atom. The Labute approximate surface area is 124 Å². The number of hydrogen-bond acceptors (Lipinski definition) is 4. The van der Waals surface area contributed by atoms with Crippen molar-refractivity contribution in [2.24, 2.45) is 5.92 Å². The van der Waals surface area contributed by atoms with E-state index >= 15 is 0 Å². The number of amides is 1. The lowest BCUT2D eigenvalue weighted by Crippen LogP contribution is -2.45. The molecule has 1 unspecified atom stereocenters. The second-order valence-electron chi connectivity index (χ2n) is 5.77. The molecule has 1 aliphatic rings. The second-order valence-corrected chi connectivity index (χ2v) is 6.52. The quantitative estimate of drug-likeness (QED) is 0.621. The molecule has 0 radical (unpaired) electrons. The molecule has 0 N–H and O–H groups in total. The standard InChI is InChI=1S/C15H21NO3S/c1-12(2)9-15(3)11-19-20-16(15)14(17)18-10-13-7-5-4-6-8-13/h4-8,12H,9-11H2,1-3H3. The number of carbonyl (C=O) groups excluding carboxylic acids is 1. The number of ether oxygens (including phenoxy) is 1. The molecule has 20 heavy (non-hydrogen) atoms. The number of rotatable bonds is 4. The Morgan fingerprint density at radius 2 is 2.15 bits per heavy atom. The van der Waals surface area contributed by atoms with Crippen LogP contribution in [0.3, 0.4) is 0 Å². The highest BCUT2D eigenvalue weighted by Crippen LogP contribution is 2.38. The molecule has 0 aliphatic carbocycles. The maximum absolute atomic E-state index is 12.2. The summed E-state index contributed by atoms with van der Waals surface area (Å²) in [5.74, 6) is 0.492. The van der Waals surface area contributed by atoms with E-state index in [1.165, 1.54) is 0 Å². The van der Waals surface area contributed by atoms with Crippen LogP contribution in [0.4, 0.5) is 4.79 Å². The highest BCUT2D eigenvalue weighted by atomic mass is 32.2. The minimum atomic E-state index is -0.334. The molecule has 1 heterocycles. The summed E-state index contributed by atoms with van der Waals surface area (Å²) < 4.78 is 12.4. The monoisotopic (exact) mass is 295 g/mol. The smallest absolute Gasteiger partial charge is 0.422 e. The normalized spacial score (nSPS) is 22.3. The summed E-state index contributed by atoms with van der Waals surface area (Å²) in [7, 11) is 0. The van der Waals surface area contributed by atoms with Crippen LogP contribution in [0.1, 0.15) is 32.8 Å². The molecule has 1 fully saturated rings. The van der Waals surface area contributed by atoms with Crippen LogP contribution in [0.2, 0.25) is 0 Å². The Kier molecular flexibility index (Phi) is 4.94. The molecule has 0 saturated carbocycles. The van der Waals surface area contributed by atoms with Crippen LogP contribution in [0, 0.1) is 5.92 Å². The van der Waals surface area contributed by atoms with Gasteiger partial charge in [0.1, 0.15) is 18.8 Å². The van der Waals surface area contributed by atoms with Crippen LogP contribution in [0.5, 0.6) is 0 Å². The van der Waals surface area contributed by atoms with Gasteiger partial charge in [-0.25, -0.2) is 9.10 Å². The third-order valence-corrected chi connectivity index (χ3v) is 4.17. The lowest BCUT2D eigenvalue weighted by atomic mass is 9.92. The Bertz CT molecular complexity index is 452. The van der Waals surface area contributed by atoms with Gasteiger partial charge in [0.15, 0.2) is 0 Å². The zero-order chi connectivity index (χ0) is 14.6. The average molecular weight is 295 g/mol. The fourth-order valence-electron chi connectivity index (χ4n) is 2.40. The molecular formula is C15H21NO3S. The van der Waals surface area contributed by atoms with Gasteiger partial charge in [-0.3, -0.25) is 4.18 Å². The van der Waals surface area contributed by atoms with Gasteiger partial charge in [0, 0.05) is 0 Å². The molecule has 5 heteroatoms. The van der Waals surface area contributed by atoms with E-state index in [1.807, 2.05) is 37.3 Å². The molecule has 1 saturated heterocycles. The van der Waals surface area contributed by atoms with E-state index in [4.69, 9.17) is 8.92 Å². The Hall–Kier alpha value is -1.20. The van der Waals surface area contributed by atoms with Gasteiger partial charge < -0.3 is 4.74 Å². The number of hydrogen-bond donors (Lipinski definition) is 0. The minimum absolute atomic E-state index is 0.286. The van der Waals surface area contributed by atoms with Crippen molar-refractivity contribution in [1.29, 1.82) is 0 Å². The first-order valence-corrected chi connectivity index (χ1v) is 7.51. The molecule has 1 aromatic rings. The molecule has 2 rings (SSSR count). The summed E-state index contributed by atoms with van der Waals surface area (Å²) in [6.07, 6.45) is 0.556. The van der Waals surface area contributed by atoms with E-state index in [9.17, 15) is 4.79 Å². The fraction of sp³-hybridized carbons (Fsp3) is 0.533. The zero-order valence-corrected chi connectivity index (χ0v) is 13.0. The van der Waals surface area contributed by atoms with Gasteiger partial charge in [-0.05, 0) is 24.8 Å². The minimum Gasteiger partial charge on any atom is -0.444 e. The van der Waals surface area contributed by atoms with Crippen molar-refractivity contribution >= 4 is 18.3 Å². The van der Waals surface area contributed by atoms with Crippen molar-refractivity contribution in [2.75, 3.05) is 6.61 Å². The van der Waals surface area contributed by atoms with E-state index in [1.54, 1.807) is 4.31 Å². The van der Waals surface area contributed by atoms with Gasteiger partial charge in [-0.2, -0.15) is 0 Å². The molecule has 0 spiro atoms. The molecule has 1 aliphatic heterocycles. The third kappa shape index (κ3) is 3.67. The fourth-order valence-corrected chi connectivity index (χ4v) is 3.24. The molecule has 1 aromatic carbocycles. The van der Waals surface area contributed by atoms with Crippen molar-refractivity contribution in [3.63, 3.8) is 0 Å². The van der Waals surface area contributed by atoms with Crippen LogP contribution in [-0.4, -0.2) is 22.5 Å². The predicted octanol–water partition coefficient (Wildman–Crippen LogP) is 4.02. The maximum atomic E-state index is 12.2. The van der Waals surface area contributed by atoms with Gasteiger partial charge in [0.2, 0.25) is 0 Å². The van der Waals surface area contributed by atoms with Crippen molar-refractivity contribution in [3.05, 3.63) is 35.9 Å². The van der Waals surface area contributed by atoms with Crippen molar-refractivity contribution in [3.8, 4) is 0 Å². The molecule has 1 amide bonds. The van der Waals surface area contributed by atoms with E-state index in [0.717, 1.165) is 24.2 Å². The second kappa shape index (κ2) is 6.50. The lowest BCUT2D eigenvalue weighted by molar-refractivity contribution is 0.0902. The van der Waals surface area contributed by atoms with Gasteiger partial charge >= 0.3 is 6.09 Å². The summed E-state index contributed by atoms with van der Waals surface area (Å²) in [6.45, 7) is 7.14. The molecule has 1 atom stereocenters. The highest BCUT2D eigenvalue weighted by molar-refractivity contribution is 7.93. The van der Waals surface area contributed by atoms with E-state index < -0.39 is 0 Å². The first kappa shape index (κ1) is 15.2. The lowest BCUT2D eigenvalue weighted by Gasteiger charge is -2.31. The first-order chi connectivity index (χ1) is 9.51. The molecule has 0 aromatic heterocycles. The average Bonchev–Trinajstić information content (AvgIpc) is 2.78. The van der Waals surface area contributed by atoms with Crippen LogP contribution >= 0.6 is 12.2 Å². The van der Waals surface area contributed by atoms with Gasteiger partial charge in [-0.15, -0.1) is 0 Å². The van der Waals surface area contributed by atoms with Gasteiger partial charge in [0.25, 0.3) is 0 Å². The van der Waals surface area contributed by atoms with Gasteiger partial charge in [-0.1, -0.05) is 44.2 Å². The van der Waals surface area contributed by atoms with E-state index in [-0.39, 0.29) is 18.2 Å². The number of benzene rings is 1. The van der Waals surface area contributed by atoms with Crippen LogP contribution in [0.15, 0.2) is 30.3 Å². The Morgan fingerprint density at radius 3 is 2.80 bits per heavy atom. The zero-order valence-electron chi connectivity index (χ0n) is 12.2. The largest absolute Gasteiger partial charge is 0.444 e. The summed E-state index contributed by atoms with van der Waals surface area (Å²) in [5.41, 5.74) is 0.684. The van der Waals surface area contributed by atoms with Gasteiger partial charge in [0.05, 0.1) is 12.1 Å². The topological polar surface area (TPSA) is 38.8 Å². The maximum Gasteiger partial charge on any atom is 0.422 e. The van der Waals surface area contributed by atoms with E-state index in [2.05, 4.69) is 13.8 Å². The molecule has 4 nitrogen and oxygen atoms in total. The molecular weight excluding hydrogens is 274 g/mol. The van der Waals surface area contributed by atoms with Crippen LogP contribution < -0.4 is 0 Å². The summed E-state index contributed by atoms with van der Waals surface area (Å²) in [6, 6.07) is 9.68. The van der Waals surface area contributed by atoms with Crippen LogP contribution in [0.25, 0.3) is 0 Å². The predicted molar refractivity (Wildman–Crippen MR) is 79.9 cm³/mol. The first-order valence-electron chi connectivity index (χ1n) is 6.82. The summed E-state index contributed by atoms with van der Waals surface area (Å²) in [5, 5.41) is 0. The van der Waals surface area contributed by atoms with Crippen molar-refractivity contribution in [2.45, 2.75) is 39.3 Å². The van der Waals surface area contributed by atoms with E-state index in [0.29, 0.717) is 12.5 Å². The van der Waals surface area contributed by atoms with Crippen molar-refractivity contribution in [1.82, 2.24) is 4.31 Å². The van der Waals surface area contributed by atoms with Crippen molar-refractivity contribution < 1.29 is 13.7 Å². The van der Waals surface area contributed by atoms with Crippen LogP contribution in [-0.2, 0) is 15.5 Å². The molecule has 110 valence electrons. The third-order valence-electron chi connectivity index (χ3n) is 3.21.